The molecule has 3 rings (SSSR count). The summed E-state index contributed by atoms with van der Waals surface area (Å²) >= 11 is 0. The molecule has 1 aliphatic rings. The lowest BCUT2D eigenvalue weighted by Gasteiger charge is -2.13. The van der Waals surface area contributed by atoms with Gasteiger partial charge in [-0.2, -0.15) is 0 Å². The van der Waals surface area contributed by atoms with Gasteiger partial charge in [0.15, 0.2) is 0 Å². The first-order valence-electron chi connectivity index (χ1n) is 7.29. The van der Waals surface area contributed by atoms with E-state index in [4.69, 9.17) is 0 Å². The lowest BCUT2D eigenvalue weighted by molar-refractivity contribution is -0.126. The fourth-order valence-electron chi connectivity index (χ4n) is 2.67. The quantitative estimate of drug-likeness (QED) is 0.941. The molecule has 0 saturated carbocycles. The number of hydrogen-bond donors (Lipinski definition) is 1. The largest absolute Gasteiger partial charge is 0.344 e. The zero-order valence-electron chi connectivity index (χ0n) is 12.4. The number of nitrogens with one attached hydrogen (secondary N) is 1. The second kappa shape index (κ2) is 6.23. The molecule has 5 heteroatoms. The minimum Gasteiger partial charge on any atom is -0.344 e. The molecule has 0 aliphatic carbocycles. The summed E-state index contributed by atoms with van der Waals surface area (Å²) < 4.78 is 14.2. The maximum atomic E-state index is 14.2. The van der Waals surface area contributed by atoms with E-state index in [2.05, 4.69) is 10.3 Å². The molecular formula is C17H18FN3O. The maximum Gasteiger partial charge on any atom is 0.224 e. The standard InChI is InChI=1S/C17H18FN3O/c1-21-11-15(9-17(21)22)20-10-14-3-2-13(8-16(14)18)12-4-6-19-7-5-12/h2-8,15,20H,9-11H2,1H3. The summed E-state index contributed by atoms with van der Waals surface area (Å²) in [7, 11) is 1.79. The highest BCUT2D eigenvalue weighted by atomic mass is 19.1. The van der Waals surface area contributed by atoms with Crippen molar-refractivity contribution in [3.63, 3.8) is 0 Å². The smallest absolute Gasteiger partial charge is 0.224 e. The number of halogens is 1. The number of carbonyl (C=O) groups excluding carboxylic acids is 1. The average molecular weight is 299 g/mol. The number of likely N-dealkylation sites (tertiary alicyclic amines) is 1. The van der Waals surface area contributed by atoms with Crippen LogP contribution in [-0.4, -0.2) is 35.4 Å². The molecule has 22 heavy (non-hydrogen) atoms. The molecule has 0 radical (unpaired) electrons. The Morgan fingerprint density at radius 1 is 1.27 bits per heavy atom. The van der Waals surface area contributed by atoms with Gasteiger partial charge in [0.2, 0.25) is 5.91 Å². The molecule has 2 aromatic rings. The summed E-state index contributed by atoms with van der Waals surface area (Å²) in [5.41, 5.74) is 2.38. The van der Waals surface area contributed by atoms with E-state index < -0.39 is 0 Å². The molecule has 1 aromatic heterocycles. The van der Waals surface area contributed by atoms with Gasteiger partial charge >= 0.3 is 0 Å². The highest BCUT2D eigenvalue weighted by molar-refractivity contribution is 5.78. The highest BCUT2D eigenvalue weighted by Gasteiger charge is 2.26. The Morgan fingerprint density at radius 2 is 2.05 bits per heavy atom. The van der Waals surface area contributed by atoms with Crippen LogP contribution < -0.4 is 5.32 Å². The van der Waals surface area contributed by atoms with Crippen LogP contribution in [0.3, 0.4) is 0 Å². The van der Waals surface area contributed by atoms with Gasteiger partial charge in [0.05, 0.1) is 0 Å². The monoisotopic (exact) mass is 299 g/mol. The van der Waals surface area contributed by atoms with Crippen LogP contribution in [0.1, 0.15) is 12.0 Å². The van der Waals surface area contributed by atoms with Crippen molar-refractivity contribution < 1.29 is 9.18 Å². The van der Waals surface area contributed by atoms with E-state index in [-0.39, 0.29) is 17.8 Å². The molecule has 1 fully saturated rings. The third-order valence-electron chi connectivity index (χ3n) is 3.99. The van der Waals surface area contributed by atoms with Crippen LogP contribution >= 0.6 is 0 Å². The topological polar surface area (TPSA) is 45.2 Å². The van der Waals surface area contributed by atoms with Gasteiger partial charge in [-0.1, -0.05) is 12.1 Å². The van der Waals surface area contributed by atoms with Crippen LogP contribution in [0.5, 0.6) is 0 Å². The van der Waals surface area contributed by atoms with Gasteiger partial charge in [-0.15, -0.1) is 0 Å². The van der Waals surface area contributed by atoms with E-state index in [0.717, 1.165) is 11.1 Å². The fourth-order valence-corrected chi connectivity index (χ4v) is 2.67. The predicted octanol–water partition coefficient (Wildman–Crippen LogP) is 2.21. The first kappa shape index (κ1) is 14.7. The van der Waals surface area contributed by atoms with Crippen LogP contribution in [0.25, 0.3) is 11.1 Å². The normalized spacial score (nSPS) is 18.0. The maximum absolute atomic E-state index is 14.2. The molecule has 1 unspecified atom stereocenters. The van der Waals surface area contributed by atoms with E-state index in [0.29, 0.717) is 25.1 Å². The van der Waals surface area contributed by atoms with Gasteiger partial charge in [-0.05, 0) is 29.3 Å². The Hall–Kier alpha value is -2.27. The van der Waals surface area contributed by atoms with Crippen molar-refractivity contribution in [1.29, 1.82) is 0 Å². The molecule has 1 saturated heterocycles. The Kier molecular flexibility index (Phi) is 4.15. The fraction of sp³-hybridized carbons (Fsp3) is 0.294. The van der Waals surface area contributed by atoms with Gasteiger partial charge in [0.1, 0.15) is 5.82 Å². The molecule has 1 N–H and O–H groups in total. The van der Waals surface area contributed by atoms with Crippen molar-refractivity contribution in [2.45, 2.75) is 19.0 Å². The Morgan fingerprint density at radius 3 is 2.68 bits per heavy atom. The zero-order chi connectivity index (χ0) is 15.5. The van der Waals surface area contributed by atoms with Crippen molar-refractivity contribution >= 4 is 5.91 Å². The van der Waals surface area contributed by atoms with Gasteiger partial charge in [-0.3, -0.25) is 9.78 Å². The third kappa shape index (κ3) is 3.14. The summed E-state index contributed by atoms with van der Waals surface area (Å²) in [5, 5.41) is 3.25. The average Bonchev–Trinajstić information content (AvgIpc) is 2.85. The second-order valence-corrected chi connectivity index (χ2v) is 5.60. The van der Waals surface area contributed by atoms with Gasteiger partial charge < -0.3 is 10.2 Å². The summed E-state index contributed by atoms with van der Waals surface area (Å²) in [6, 6.07) is 9.04. The summed E-state index contributed by atoms with van der Waals surface area (Å²) in [6.07, 6.45) is 3.86. The van der Waals surface area contributed by atoms with Gasteiger partial charge in [0.25, 0.3) is 0 Å². The number of benzene rings is 1. The van der Waals surface area contributed by atoms with Crippen molar-refractivity contribution in [3.05, 3.63) is 54.1 Å². The van der Waals surface area contributed by atoms with E-state index >= 15 is 0 Å². The molecule has 1 atom stereocenters. The molecule has 1 aromatic carbocycles. The van der Waals surface area contributed by atoms with Crippen LogP contribution in [0.4, 0.5) is 4.39 Å². The SMILES string of the molecule is CN1CC(NCc2ccc(-c3ccncc3)cc2F)CC1=O. The Balaban J connectivity index is 1.67. The van der Waals surface area contributed by atoms with Crippen molar-refractivity contribution in [2.24, 2.45) is 0 Å². The lowest BCUT2D eigenvalue weighted by atomic mass is 10.0. The first-order valence-corrected chi connectivity index (χ1v) is 7.29. The lowest BCUT2D eigenvalue weighted by Crippen LogP contribution is -2.31. The van der Waals surface area contributed by atoms with Gasteiger partial charge in [0, 0.05) is 50.6 Å². The number of hydrogen-bond acceptors (Lipinski definition) is 3. The number of rotatable bonds is 4. The van der Waals surface area contributed by atoms with E-state index in [1.807, 2.05) is 18.2 Å². The van der Waals surface area contributed by atoms with Crippen molar-refractivity contribution in [3.8, 4) is 11.1 Å². The number of amides is 1. The number of pyridine rings is 1. The minimum atomic E-state index is -0.237. The molecule has 0 bridgehead atoms. The van der Waals surface area contributed by atoms with Gasteiger partial charge in [-0.25, -0.2) is 4.39 Å². The van der Waals surface area contributed by atoms with Crippen LogP contribution in [0.2, 0.25) is 0 Å². The number of likely N-dealkylation sites (N-methyl/N-ethyl adjacent to an activating group) is 1. The molecule has 4 nitrogen and oxygen atoms in total. The highest BCUT2D eigenvalue weighted by Crippen LogP contribution is 2.21. The van der Waals surface area contributed by atoms with Crippen LogP contribution in [0, 0.1) is 5.82 Å². The zero-order valence-corrected chi connectivity index (χ0v) is 12.4. The second-order valence-electron chi connectivity index (χ2n) is 5.60. The molecular weight excluding hydrogens is 281 g/mol. The van der Waals surface area contributed by atoms with E-state index in [9.17, 15) is 9.18 Å². The molecule has 2 heterocycles. The number of carbonyl (C=O) groups is 1. The summed E-state index contributed by atoms with van der Waals surface area (Å²) in [6.45, 7) is 1.10. The van der Waals surface area contributed by atoms with Crippen molar-refractivity contribution in [1.82, 2.24) is 15.2 Å². The number of aromatic nitrogens is 1. The summed E-state index contributed by atoms with van der Waals surface area (Å²) in [5.74, 6) is -0.106. The molecule has 114 valence electrons. The number of nitrogens with zero attached hydrogens (tertiary/aromatic N) is 2. The van der Waals surface area contributed by atoms with E-state index in [1.165, 1.54) is 6.07 Å². The van der Waals surface area contributed by atoms with E-state index in [1.54, 1.807) is 30.4 Å². The van der Waals surface area contributed by atoms with Crippen molar-refractivity contribution in [2.75, 3.05) is 13.6 Å². The Bertz CT molecular complexity index is 675. The molecule has 0 spiro atoms. The first-order chi connectivity index (χ1) is 10.6. The van der Waals surface area contributed by atoms with Crippen LogP contribution in [0.15, 0.2) is 42.7 Å². The third-order valence-corrected chi connectivity index (χ3v) is 3.99. The van der Waals surface area contributed by atoms with Crippen LogP contribution in [-0.2, 0) is 11.3 Å². The Labute approximate surface area is 129 Å². The predicted molar refractivity (Wildman–Crippen MR) is 82.5 cm³/mol. The summed E-state index contributed by atoms with van der Waals surface area (Å²) in [4.78, 5) is 17.1. The minimum absolute atomic E-state index is 0.0942. The molecule has 1 amide bonds. The molecule has 1 aliphatic heterocycles.